The summed E-state index contributed by atoms with van der Waals surface area (Å²) in [7, 11) is 3.11. The molecule has 4 aromatic rings. The molecule has 10 nitrogen and oxygen atoms in total. The number of nitro benzene ring substituents is 2. The highest BCUT2D eigenvalue weighted by Gasteiger charge is 2.25. The first-order valence-electron chi connectivity index (χ1n) is 10.4. The van der Waals surface area contributed by atoms with E-state index < -0.39 is 9.85 Å². The maximum Gasteiger partial charge on any atom is 0.299 e. The van der Waals surface area contributed by atoms with Crippen molar-refractivity contribution in [2.24, 2.45) is 0 Å². The van der Waals surface area contributed by atoms with E-state index in [1.165, 1.54) is 12.1 Å². The lowest BCUT2D eigenvalue weighted by atomic mass is 9.89. The van der Waals surface area contributed by atoms with Gasteiger partial charge in [-0.3, -0.25) is 20.2 Å². The van der Waals surface area contributed by atoms with E-state index >= 15 is 0 Å². The molecule has 1 atom stereocenters. The number of fused-ring (bicyclic) bond motifs is 1. The van der Waals surface area contributed by atoms with Crippen LogP contribution >= 0.6 is 0 Å². The van der Waals surface area contributed by atoms with E-state index in [9.17, 15) is 20.2 Å². The predicted molar refractivity (Wildman–Crippen MR) is 128 cm³/mol. The van der Waals surface area contributed by atoms with Crippen LogP contribution in [0.25, 0.3) is 10.9 Å². The molecule has 0 aliphatic rings. The molecule has 0 bridgehead atoms. The molecule has 1 aromatic heterocycles. The molecule has 1 unspecified atom stereocenters. The third-order valence-corrected chi connectivity index (χ3v) is 5.69. The summed E-state index contributed by atoms with van der Waals surface area (Å²) < 4.78 is 11.1. The van der Waals surface area contributed by atoms with Crippen LogP contribution in [0.1, 0.15) is 17.0 Å². The Balaban J connectivity index is 1.80. The fraction of sp³-hybridized carbons (Fsp3) is 0.167. The molecule has 34 heavy (non-hydrogen) atoms. The standard InChI is InChI=1S/C24H22N4O6/c1-33-23-9-5-7-17(24(23)34-2)19(18-13-25-20-8-4-3-6-16(18)20)14-26-21-11-10-15(27(29)30)12-22(21)28(31)32/h3-13,19,25-26H,14H2,1-2H3. The minimum absolute atomic E-state index is 0.183. The number of aromatic amines is 1. The Morgan fingerprint density at radius 1 is 0.941 bits per heavy atom. The number of hydrogen-bond acceptors (Lipinski definition) is 7. The van der Waals surface area contributed by atoms with Gasteiger partial charge in [-0.05, 0) is 23.8 Å². The van der Waals surface area contributed by atoms with Gasteiger partial charge < -0.3 is 19.8 Å². The summed E-state index contributed by atoms with van der Waals surface area (Å²) in [6, 6.07) is 16.9. The van der Waals surface area contributed by atoms with E-state index in [0.29, 0.717) is 11.5 Å². The molecule has 3 aromatic carbocycles. The number of H-pyrrole nitrogens is 1. The largest absolute Gasteiger partial charge is 0.493 e. The van der Waals surface area contributed by atoms with Gasteiger partial charge in [0.25, 0.3) is 11.4 Å². The number of methoxy groups -OCH3 is 2. The number of benzene rings is 3. The molecule has 0 fully saturated rings. The third kappa shape index (κ3) is 4.20. The van der Waals surface area contributed by atoms with Crippen molar-refractivity contribution in [3.05, 3.63) is 98.2 Å². The summed E-state index contributed by atoms with van der Waals surface area (Å²) in [4.78, 5) is 24.7. The molecular formula is C24H22N4O6. The zero-order chi connectivity index (χ0) is 24.2. The van der Waals surface area contributed by atoms with E-state index in [1.807, 2.05) is 42.6 Å². The number of nitrogens with one attached hydrogen (secondary N) is 2. The summed E-state index contributed by atoms with van der Waals surface area (Å²) >= 11 is 0. The smallest absolute Gasteiger partial charge is 0.299 e. The molecule has 1 heterocycles. The number of aromatic nitrogens is 1. The minimum atomic E-state index is -0.660. The molecule has 0 radical (unpaired) electrons. The second-order valence-corrected chi connectivity index (χ2v) is 7.52. The Bertz CT molecular complexity index is 1370. The second-order valence-electron chi connectivity index (χ2n) is 7.52. The van der Waals surface area contributed by atoms with Crippen LogP contribution in [0, 0.1) is 20.2 Å². The maximum atomic E-state index is 11.6. The van der Waals surface area contributed by atoms with Gasteiger partial charge in [0.15, 0.2) is 11.5 Å². The summed E-state index contributed by atoms with van der Waals surface area (Å²) in [5.41, 5.74) is 2.19. The molecule has 10 heteroatoms. The first-order chi connectivity index (χ1) is 16.4. The quantitative estimate of drug-likeness (QED) is 0.256. The van der Waals surface area contributed by atoms with Crippen LogP contribution in [-0.4, -0.2) is 35.6 Å². The molecule has 0 spiro atoms. The van der Waals surface area contributed by atoms with E-state index in [1.54, 1.807) is 20.3 Å². The Morgan fingerprint density at radius 3 is 2.44 bits per heavy atom. The molecule has 2 N–H and O–H groups in total. The van der Waals surface area contributed by atoms with Crippen molar-refractivity contribution in [3.8, 4) is 11.5 Å². The molecule has 0 aliphatic carbocycles. The Hall–Kier alpha value is -4.60. The summed E-state index contributed by atoms with van der Waals surface area (Å²) in [5, 5.41) is 26.8. The van der Waals surface area contributed by atoms with Gasteiger partial charge >= 0.3 is 0 Å². The zero-order valence-electron chi connectivity index (χ0n) is 18.5. The number of rotatable bonds is 9. The molecule has 0 amide bonds. The normalized spacial score (nSPS) is 11.7. The van der Waals surface area contributed by atoms with E-state index in [0.717, 1.165) is 28.1 Å². The first kappa shape index (κ1) is 22.6. The van der Waals surface area contributed by atoms with Crippen molar-refractivity contribution in [2.75, 3.05) is 26.1 Å². The number of nitro groups is 2. The molecule has 174 valence electrons. The monoisotopic (exact) mass is 462 g/mol. The van der Waals surface area contributed by atoms with Crippen LogP contribution in [0.3, 0.4) is 0 Å². The second kappa shape index (κ2) is 9.49. The van der Waals surface area contributed by atoms with Crippen molar-refractivity contribution in [2.45, 2.75) is 5.92 Å². The number of nitrogens with zero attached hydrogens (tertiary/aromatic N) is 2. The van der Waals surface area contributed by atoms with E-state index in [4.69, 9.17) is 9.47 Å². The minimum Gasteiger partial charge on any atom is -0.493 e. The van der Waals surface area contributed by atoms with E-state index in [2.05, 4.69) is 10.3 Å². The highest BCUT2D eigenvalue weighted by Crippen LogP contribution is 2.41. The van der Waals surface area contributed by atoms with Crippen molar-refractivity contribution >= 4 is 28.0 Å². The van der Waals surface area contributed by atoms with Gasteiger partial charge in [-0.2, -0.15) is 0 Å². The predicted octanol–water partition coefficient (Wildman–Crippen LogP) is 5.25. The molecule has 0 aliphatic heterocycles. The lowest BCUT2D eigenvalue weighted by Crippen LogP contribution is -2.16. The highest BCUT2D eigenvalue weighted by molar-refractivity contribution is 5.84. The van der Waals surface area contributed by atoms with E-state index in [-0.39, 0.29) is 29.5 Å². The number of non-ortho nitro benzene ring substituents is 1. The van der Waals surface area contributed by atoms with Crippen LogP contribution < -0.4 is 14.8 Å². The van der Waals surface area contributed by atoms with Crippen LogP contribution in [0.4, 0.5) is 17.1 Å². The maximum absolute atomic E-state index is 11.6. The number of para-hydroxylation sites is 2. The number of anilines is 1. The van der Waals surface area contributed by atoms with Gasteiger partial charge in [0, 0.05) is 41.2 Å². The molecular weight excluding hydrogens is 440 g/mol. The van der Waals surface area contributed by atoms with Gasteiger partial charge in [-0.15, -0.1) is 0 Å². The Morgan fingerprint density at radius 2 is 1.74 bits per heavy atom. The van der Waals surface area contributed by atoms with Crippen LogP contribution in [-0.2, 0) is 0 Å². The van der Waals surface area contributed by atoms with Gasteiger partial charge in [0.2, 0.25) is 0 Å². The SMILES string of the molecule is COc1cccc(C(CNc2ccc([N+](=O)[O-])cc2[N+](=O)[O-])c2c[nH]c3ccccc23)c1OC. The third-order valence-electron chi connectivity index (χ3n) is 5.69. The van der Waals surface area contributed by atoms with Gasteiger partial charge in [-0.25, -0.2) is 0 Å². The van der Waals surface area contributed by atoms with Crippen molar-refractivity contribution in [1.29, 1.82) is 0 Å². The van der Waals surface area contributed by atoms with Gasteiger partial charge in [0.1, 0.15) is 5.69 Å². The average Bonchev–Trinajstić information content (AvgIpc) is 3.27. The van der Waals surface area contributed by atoms with Crippen molar-refractivity contribution in [1.82, 2.24) is 4.98 Å². The molecule has 0 saturated carbocycles. The van der Waals surface area contributed by atoms with Crippen LogP contribution in [0.2, 0.25) is 0 Å². The van der Waals surface area contributed by atoms with Gasteiger partial charge in [0.05, 0.1) is 30.1 Å². The fourth-order valence-corrected chi connectivity index (χ4v) is 4.10. The Labute approximate surface area is 194 Å². The first-order valence-corrected chi connectivity index (χ1v) is 10.4. The Kier molecular flexibility index (Phi) is 6.30. The fourth-order valence-electron chi connectivity index (χ4n) is 4.10. The summed E-state index contributed by atoms with van der Waals surface area (Å²) in [5.74, 6) is 0.822. The van der Waals surface area contributed by atoms with Crippen molar-refractivity contribution in [3.63, 3.8) is 0 Å². The zero-order valence-corrected chi connectivity index (χ0v) is 18.5. The highest BCUT2D eigenvalue weighted by atomic mass is 16.6. The average molecular weight is 462 g/mol. The summed E-state index contributed by atoms with van der Waals surface area (Å²) in [6.07, 6.45) is 1.90. The number of ether oxygens (including phenoxy) is 2. The number of hydrogen-bond donors (Lipinski definition) is 2. The molecule has 4 rings (SSSR count). The van der Waals surface area contributed by atoms with Crippen molar-refractivity contribution < 1.29 is 19.3 Å². The lowest BCUT2D eigenvalue weighted by molar-refractivity contribution is -0.393. The van der Waals surface area contributed by atoms with Crippen LogP contribution in [0.5, 0.6) is 11.5 Å². The summed E-state index contributed by atoms with van der Waals surface area (Å²) in [6.45, 7) is 0.254. The lowest BCUT2D eigenvalue weighted by Gasteiger charge is -2.22. The molecule has 0 saturated heterocycles. The van der Waals surface area contributed by atoms with Crippen LogP contribution in [0.15, 0.2) is 66.9 Å². The van der Waals surface area contributed by atoms with Gasteiger partial charge in [-0.1, -0.05) is 30.3 Å². The topological polar surface area (TPSA) is 133 Å².